The van der Waals surface area contributed by atoms with E-state index in [1.165, 1.54) is 0 Å². The number of carbonyl (C=O) groups is 1. The van der Waals surface area contributed by atoms with Crippen molar-refractivity contribution >= 4 is 12.3 Å². The lowest BCUT2D eigenvalue weighted by atomic mass is 10.2. The normalized spacial score (nSPS) is 18.7. The Morgan fingerprint density at radius 3 is 2.77 bits per heavy atom. The van der Waals surface area contributed by atoms with E-state index >= 15 is 0 Å². The number of ether oxygens (including phenoxy) is 1. The Labute approximate surface area is 131 Å². The minimum atomic E-state index is -0.481. The van der Waals surface area contributed by atoms with Crippen LogP contribution in [0.3, 0.4) is 0 Å². The molecule has 1 saturated heterocycles. The van der Waals surface area contributed by atoms with Crippen LogP contribution in [-0.2, 0) is 16.2 Å². The molecule has 0 aliphatic carbocycles. The molecule has 5 nitrogen and oxygen atoms in total. The smallest absolute Gasteiger partial charge is 0.410 e. The molecule has 1 fully saturated rings. The number of likely N-dealkylation sites (tertiary alicyclic amines) is 1. The molecule has 1 amide bonds. The molecule has 0 bridgehead atoms. The zero-order valence-electron chi connectivity index (χ0n) is 13.5. The predicted octanol–water partition coefficient (Wildman–Crippen LogP) is 3.59. The van der Waals surface area contributed by atoms with Crippen molar-refractivity contribution in [2.45, 2.75) is 51.9 Å². The Hall–Kier alpha value is -2.04. The van der Waals surface area contributed by atoms with Crippen molar-refractivity contribution in [3.05, 3.63) is 35.9 Å². The number of hydrogen-bond donors (Lipinski definition) is 0. The van der Waals surface area contributed by atoms with Crippen LogP contribution in [0.2, 0.25) is 0 Å². The Balaban J connectivity index is 1.83. The van der Waals surface area contributed by atoms with Gasteiger partial charge in [0.1, 0.15) is 12.2 Å². The van der Waals surface area contributed by atoms with E-state index in [-0.39, 0.29) is 12.1 Å². The Morgan fingerprint density at radius 2 is 2.09 bits per heavy atom. The van der Waals surface area contributed by atoms with Crippen molar-refractivity contribution in [3.63, 3.8) is 0 Å². The Morgan fingerprint density at radius 1 is 1.36 bits per heavy atom. The molecule has 0 saturated carbocycles. The number of amides is 1. The highest BCUT2D eigenvalue weighted by Crippen LogP contribution is 2.19. The molecular weight excluding hydrogens is 280 g/mol. The quantitative estimate of drug-likeness (QED) is 0.631. The first-order valence-electron chi connectivity index (χ1n) is 7.65. The summed E-state index contributed by atoms with van der Waals surface area (Å²) in [5, 5.41) is 4.00. The monoisotopic (exact) mass is 304 g/mol. The van der Waals surface area contributed by atoms with Gasteiger partial charge in [0.25, 0.3) is 0 Å². The highest BCUT2D eigenvalue weighted by molar-refractivity contribution is 5.76. The summed E-state index contributed by atoms with van der Waals surface area (Å²) in [7, 11) is 0. The fraction of sp³-hybridized carbons (Fsp3) is 0.529. The average molecular weight is 304 g/mol. The summed E-state index contributed by atoms with van der Waals surface area (Å²) >= 11 is 0. The van der Waals surface area contributed by atoms with Gasteiger partial charge in [0.15, 0.2) is 0 Å². The number of hydrogen-bond acceptors (Lipinski definition) is 4. The number of rotatable bonds is 4. The SMILES string of the molecule is CC(C)(C)OC(=O)N1CCCC1/C=N\OCc1ccccc1. The first kappa shape index (κ1) is 16.3. The lowest BCUT2D eigenvalue weighted by molar-refractivity contribution is 0.0265. The molecule has 22 heavy (non-hydrogen) atoms. The molecule has 0 aromatic heterocycles. The molecule has 5 heteroatoms. The van der Waals surface area contributed by atoms with E-state index < -0.39 is 5.60 Å². The van der Waals surface area contributed by atoms with Gasteiger partial charge in [-0.2, -0.15) is 0 Å². The molecule has 1 aromatic rings. The maximum absolute atomic E-state index is 12.1. The van der Waals surface area contributed by atoms with Gasteiger partial charge in [0.2, 0.25) is 0 Å². The van der Waals surface area contributed by atoms with Crippen LogP contribution >= 0.6 is 0 Å². The van der Waals surface area contributed by atoms with Gasteiger partial charge in [-0.3, -0.25) is 0 Å². The van der Waals surface area contributed by atoms with Crippen LogP contribution in [0, 0.1) is 0 Å². The molecule has 1 aromatic carbocycles. The van der Waals surface area contributed by atoms with Gasteiger partial charge >= 0.3 is 6.09 Å². The van der Waals surface area contributed by atoms with Gasteiger partial charge in [-0.15, -0.1) is 0 Å². The summed E-state index contributed by atoms with van der Waals surface area (Å²) in [6.07, 6.45) is 3.25. The van der Waals surface area contributed by atoms with E-state index in [1.54, 1.807) is 11.1 Å². The second kappa shape index (κ2) is 7.29. The summed E-state index contributed by atoms with van der Waals surface area (Å²) in [5.41, 5.74) is 0.584. The van der Waals surface area contributed by atoms with Crippen LogP contribution in [0.5, 0.6) is 0 Å². The summed E-state index contributed by atoms with van der Waals surface area (Å²) in [6, 6.07) is 9.80. The van der Waals surface area contributed by atoms with Crippen molar-refractivity contribution in [2.24, 2.45) is 5.16 Å². The average Bonchev–Trinajstić information content (AvgIpc) is 2.91. The lowest BCUT2D eigenvalue weighted by Gasteiger charge is -2.26. The topological polar surface area (TPSA) is 51.1 Å². The van der Waals surface area contributed by atoms with E-state index in [0.717, 1.165) is 18.4 Å². The van der Waals surface area contributed by atoms with Crippen LogP contribution in [-0.4, -0.2) is 35.4 Å². The highest BCUT2D eigenvalue weighted by atomic mass is 16.6. The molecule has 2 rings (SSSR count). The predicted molar refractivity (Wildman–Crippen MR) is 85.7 cm³/mol. The van der Waals surface area contributed by atoms with Crippen molar-refractivity contribution in [2.75, 3.05) is 6.54 Å². The van der Waals surface area contributed by atoms with Crippen molar-refractivity contribution < 1.29 is 14.4 Å². The third-order valence-corrected chi connectivity index (χ3v) is 3.31. The summed E-state index contributed by atoms with van der Waals surface area (Å²) < 4.78 is 5.41. The van der Waals surface area contributed by atoms with Gasteiger partial charge in [-0.05, 0) is 39.2 Å². The minimum absolute atomic E-state index is 0.0503. The number of benzene rings is 1. The maximum atomic E-state index is 12.1. The zero-order valence-corrected chi connectivity index (χ0v) is 13.5. The summed E-state index contributed by atoms with van der Waals surface area (Å²) in [5.74, 6) is 0. The van der Waals surface area contributed by atoms with Gasteiger partial charge in [-0.1, -0.05) is 35.5 Å². The van der Waals surface area contributed by atoms with Crippen molar-refractivity contribution in [1.82, 2.24) is 4.90 Å². The molecule has 1 aliphatic heterocycles. The maximum Gasteiger partial charge on any atom is 0.410 e. The van der Waals surface area contributed by atoms with Gasteiger partial charge < -0.3 is 14.5 Å². The first-order chi connectivity index (χ1) is 10.5. The molecule has 1 heterocycles. The van der Waals surface area contributed by atoms with Crippen LogP contribution < -0.4 is 0 Å². The van der Waals surface area contributed by atoms with Gasteiger partial charge in [0.05, 0.1) is 12.3 Å². The van der Waals surface area contributed by atoms with Crippen LogP contribution in [0.25, 0.3) is 0 Å². The lowest BCUT2D eigenvalue weighted by Crippen LogP contribution is -2.40. The third-order valence-electron chi connectivity index (χ3n) is 3.31. The summed E-state index contributed by atoms with van der Waals surface area (Å²) in [4.78, 5) is 19.1. The third kappa shape index (κ3) is 5.06. The van der Waals surface area contributed by atoms with Crippen LogP contribution in [0.1, 0.15) is 39.2 Å². The molecule has 1 aliphatic rings. The minimum Gasteiger partial charge on any atom is -0.444 e. The standard InChI is InChI=1S/C17H24N2O3/c1-17(2,3)22-16(20)19-11-7-10-15(19)12-18-21-13-14-8-5-4-6-9-14/h4-6,8-9,12,15H,7,10-11,13H2,1-3H3/b18-12-. The van der Waals surface area contributed by atoms with E-state index in [9.17, 15) is 4.79 Å². The Bertz CT molecular complexity index is 508. The van der Waals surface area contributed by atoms with Gasteiger partial charge in [0, 0.05) is 6.54 Å². The van der Waals surface area contributed by atoms with E-state index in [1.807, 2.05) is 51.1 Å². The molecule has 0 spiro atoms. The fourth-order valence-corrected chi connectivity index (χ4v) is 2.29. The zero-order chi connectivity index (χ0) is 16.0. The van der Waals surface area contributed by atoms with Crippen molar-refractivity contribution in [1.29, 1.82) is 0 Å². The van der Waals surface area contributed by atoms with E-state index in [4.69, 9.17) is 9.57 Å². The first-order valence-corrected chi connectivity index (χ1v) is 7.65. The van der Waals surface area contributed by atoms with E-state index in [2.05, 4.69) is 5.16 Å². The molecule has 0 radical (unpaired) electrons. The number of nitrogens with zero attached hydrogens (tertiary/aromatic N) is 2. The fourth-order valence-electron chi connectivity index (χ4n) is 2.29. The molecule has 1 unspecified atom stereocenters. The largest absolute Gasteiger partial charge is 0.444 e. The highest BCUT2D eigenvalue weighted by Gasteiger charge is 2.31. The number of oxime groups is 1. The second-order valence-corrected chi connectivity index (χ2v) is 6.40. The van der Waals surface area contributed by atoms with Crippen LogP contribution in [0.15, 0.2) is 35.5 Å². The summed E-state index contributed by atoms with van der Waals surface area (Å²) in [6.45, 7) is 6.73. The van der Waals surface area contributed by atoms with Gasteiger partial charge in [-0.25, -0.2) is 4.79 Å². The number of carbonyl (C=O) groups excluding carboxylic acids is 1. The molecule has 120 valence electrons. The second-order valence-electron chi connectivity index (χ2n) is 6.40. The van der Waals surface area contributed by atoms with E-state index in [0.29, 0.717) is 13.2 Å². The Kier molecular flexibility index (Phi) is 5.41. The molecule has 1 atom stereocenters. The molecule has 0 N–H and O–H groups in total. The van der Waals surface area contributed by atoms with Crippen LogP contribution in [0.4, 0.5) is 4.79 Å². The van der Waals surface area contributed by atoms with Crippen molar-refractivity contribution in [3.8, 4) is 0 Å². The molecular formula is C17H24N2O3.